The monoisotopic (exact) mass is 290 g/mol. The van der Waals surface area contributed by atoms with Crippen LogP contribution in [-0.2, 0) is 0 Å². The number of anilines is 2. The van der Waals surface area contributed by atoms with E-state index in [1.54, 1.807) is 0 Å². The Hall–Kier alpha value is -1.38. The summed E-state index contributed by atoms with van der Waals surface area (Å²) in [6, 6.07) is 5.96. The average molecular weight is 290 g/mol. The number of fused-ring (bicyclic) bond motifs is 1. The molecule has 1 unspecified atom stereocenters. The third-order valence-electron chi connectivity index (χ3n) is 4.16. The molecule has 0 amide bonds. The summed E-state index contributed by atoms with van der Waals surface area (Å²) < 4.78 is 5.89. The van der Waals surface area contributed by atoms with Crippen molar-refractivity contribution in [3.63, 3.8) is 0 Å². The first-order chi connectivity index (χ1) is 10.2. The number of nitrogens with zero attached hydrogens (tertiary/aromatic N) is 1. The molecule has 1 aromatic rings. The fourth-order valence-electron chi connectivity index (χ4n) is 3.02. The van der Waals surface area contributed by atoms with Crippen LogP contribution in [0.15, 0.2) is 18.2 Å². The Morgan fingerprint density at radius 3 is 2.62 bits per heavy atom. The third kappa shape index (κ3) is 4.83. The van der Waals surface area contributed by atoms with Crippen LogP contribution in [0.5, 0.6) is 5.75 Å². The molecule has 2 N–H and O–H groups in total. The number of benzene rings is 1. The highest BCUT2D eigenvalue weighted by molar-refractivity contribution is 5.66. The number of nitrogens with two attached hydrogens (primary N) is 1. The standard InChI is InChI=1S/C18H30N2O/c1-3-4-5-6-7-8-9-12-20-14-15(2)21-18-11-10-16(19)13-17(18)20/h10-11,13,15H,3-9,12,14,19H2,1-2H3. The predicted octanol–water partition coefficient (Wildman–Crippen LogP) is 4.61. The largest absolute Gasteiger partial charge is 0.487 e. The second-order valence-corrected chi connectivity index (χ2v) is 6.22. The zero-order valence-electron chi connectivity index (χ0n) is 13.6. The van der Waals surface area contributed by atoms with Crippen LogP contribution in [0.4, 0.5) is 11.4 Å². The molecule has 3 nitrogen and oxygen atoms in total. The molecule has 0 spiro atoms. The minimum atomic E-state index is 0.255. The Balaban J connectivity index is 1.79. The highest BCUT2D eigenvalue weighted by Gasteiger charge is 2.22. The quantitative estimate of drug-likeness (QED) is 0.561. The second kappa shape index (κ2) is 8.16. The molecule has 2 rings (SSSR count). The molecule has 0 aromatic heterocycles. The van der Waals surface area contributed by atoms with Crippen LogP contribution in [0.1, 0.15) is 58.8 Å². The van der Waals surface area contributed by atoms with E-state index in [2.05, 4.69) is 18.7 Å². The van der Waals surface area contributed by atoms with E-state index in [1.165, 1.54) is 50.6 Å². The topological polar surface area (TPSA) is 38.5 Å². The van der Waals surface area contributed by atoms with Crippen LogP contribution in [0.25, 0.3) is 0 Å². The number of rotatable bonds is 8. The van der Waals surface area contributed by atoms with Crippen LogP contribution >= 0.6 is 0 Å². The van der Waals surface area contributed by atoms with E-state index in [1.807, 2.05) is 18.2 Å². The van der Waals surface area contributed by atoms with Crippen LogP contribution in [-0.4, -0.2) is 19.2 Å². The zero-order valence-corrected chi connectivity index (χ0v) is 13.6. The Morgan fingerprint density at radius 2 is 1.86 bits per heavy atom. The molecule has 21 heavy (non-hydrogen) atoms. The van der Waals surface area contributed by atoms with Crippen molar-refractivity contribution in [3.8, 4) is 5.75 Å². The molecular formula is C18H30N2O. The van der Waals surface area contributed by atoms with Crippen molar-refractivity contribution < 1.29 is 4.74 Å². The van der Waals surface area contributed by atoms with E-state index < -0.39 is 0 Å². The Kier molecular flexibility index (Phi) is 6.21. The lowest BCUT2D eigenvalue weighted by Gasteiger charge is -2.35. The summed E-state index contributed by atoms with van der Waals surface area (Å²) in [5, 5.41) is 0. The van der Waals surface area contributed by atoms with Gasteiger partial charge < -0.3 is 15.4 Å². The summed E-state index contributed by atoms with van der Waals surface area (Å²) in [6.07, 6.45) is 9.69. The molecule has 1 aromatic carbocycles. The van der Waals surface area contributed by atoms with E-state index in [-0.39, 0.29) is 6.10 Å². The van der Waals surface area contributed by atoms with Gasteiger partial charge in [-0.2, -0.15) is 0 Å². The summed E-state index contributed by atoms with van der Waals surface area (Å²) in [5.74, 6) is 0.978. The molecule has 118 valence electrons. The molecule has 1 atom stereocenters. The number of ether oxygens (including phenoxy) is 1. The van der Waals surface area contributed by atoms with Gasteiger partial charge in [0.25, 0.3) is 0 Å². The average Bonchev–Trinajstić information content (AvgIpc) is 2.47. The highest BCUT2D eigenvalue weighted by atomic mass is 16.5. The molecule has 0 saturated carbocycles. The Bertz CT molecular complexity index is 433. The first kappa shape index (κ1) is 16.0. The zero-order chi connectivity index (χ0) is 15.1. The van der Waals surface area contributed by atoms with Crippen LogP contribution in [0.3, 0.4) is 0 Å². The van der Waals surface area contributed by atoms with E-state index in [0.29, 0.717) is 0 Å². The minimum absolute atomic E-state index is 0.255. The Morgan fingerprint density at radius 1 is 1.14 bits per heavy atom. The molecule has 1 aliphatic heterocycles. The van der Waals surface area contributed by atoms with Crippen molar-refractivity contribution in [1.82, 2.24) is 0 Å². The highest BCUT2D eigenvalue weighted by Crippen LogP contribution is 2.35. The first-order valence-electron chi connectivity index (χ1n) is 8.52. The fourth-order valence-corrected chi connectivity index (χ4v) is 3.02. The van der Waals surface area contributed by atoms with Crippen molar-refractivity contribution in [1.29, 1.82) is 0 Å². The molecule has 1 aliphatic rings. The number of hydrogen-bond acceptors (Lipinski definition) is 3. The van der Waals surface area contributed by atoms with Gasteiger partial charge >= 0.3 is 0 Å². The molecule has 0 aliphatic carbocycles. The van der Waals surface area contributed by atoms with Crippen LogP contribution in [0, 0.1) is 0 Å². The number of unbranched alkanes of at least 4 members (excludes halogenated alkanes) is 6. The summed E-state index contributed by atoms with van der Waals surface area (Å²) in [6.45, 7) is 6.48. The van der Waals surface area contributed by atoms with E-state index in [0.717, 1.165) is 24.5 Å². The van der Waals surface area contributed by atoms with Crippen molar-refractivity contribution in [2.45, 2.75) is 64.9 Å². The van der Waals surface area contributed by atoms with E-state index in [4.69, 9.17) is 10.5 Å². The lowest BCUT2D eigenvalue weighted by atomic mass is 10.1. The maximum atomic E-state index is 5.92. The van der Waals surface area contributed by atoms with Crippen molar-refractivity contribution in [2.75, 3.05) is 23.7 Å². The van der Waals surface area contributed by atoms with Gasteiger partial charge in [-0.15, -0.1) is 0 Å². The summed E-state index contributed by atoms with van der Waals surface area (Å²) in [4.78, 5) is 2.44. The molecular weight excluding hydrogens is 260 g/mol. The first-order valence-corrected chi connectivity index (χ1v) is 8.52. The van der Waals surface area contributed by atoms with Gasteiger partial charge in [0.2, 0.25) is 0 Å². The summed E-state index contributed by atoms with van der Waals surface area (Å²) >= 11 is 0. The molecule has 0 saturated heterocycles. The molecule has 0 fully saturated rings. The molecule has 3 heteroatoms. The maximum Gasteiger partial charge on any atom is 0.143 e. The van der Waals surface area contributed by atoms with Gasteiger partial charge in [-0.05, 0) is 31.5 Å². The number of hydrogen-bond donors (Lipinski definition) is 1. The lowest BCUT2D eigenvalue weighted by Crippen LogP contribution is -2.39. The minimum Gasteiger partial charge on any atom is -0.487 e. The van der Waals surface area contributed by atoms with Gasteiger partial charge in [0.1, 0.15) is 11.9 Å². The van der Waals surface area contributed by atoms with Crippen molar-refractivity contribution >= 4 is 11.4 Å². The molecule has 0 bridgehead atoms. The fraction of sp³-hybridized carbons (Fsp3) is 0.667. The molecule has 0 radical (unpaired) electrons. The summed E-state index contributed by atoms with van der Waals surface area (Å²) in [7, 11) is 0. The van der Waals surface area contributed by atoms with Crippen LogP contribution in [0.2, 0.25) is 0 Å². The van der Waals surface area contributed by atoms with Gasteiger partial charge in [0, 0.05) is 12.2 Å². The van der Waals surface area contributed by atoms with Crippen LogP contribution < -0.4 is 15.4 Å². The smallest absolute Gasteiger partial charge is 0.143 e. The lowest BCUT2D eigenvalue weighted by molar-refractivity contribution is 0.212. The van der Waals surface area contributed by atoms with Gasteiger partial charge in [-0.25, -0.2) is 0 Å². The van der Waals surface area contributed by atoms with Crippen molar-refractivity contribution in [2.24, 2.45) is 0 Å². The SMILES string of the molecule is CCCCCCCCCN1CC(C)Oc2ccc(N)cc21. The predicted molar refractivity (Wildman–Crippen MR) is 91.2 cm³/mol. The van der Waals surface area contributed by atoms with Gasteiger partial charge in [-0.1, -0.05) is 45.4 Å². The molecule has 1 heterocycles. The van der Waals surface area contributed by atoms with E-state index >= 15 is 0 Å². The second-order valence-electron chi connectivity index (χ2n) is 6.22. The summed E-state index contributed by atoms with van der Waals surface area (Å²) in [5.41, 5.74) is 7.90. The Labute approximate surface area is 129 Å². The normalized spacial score (nSPS) is 17.4. The van der Waals surface area contributed by atoms with Gasteiger partial charge in [0.15, 0.2) is 0 Å². The van der Waals surface area contributed by atoms with E-state index in [9.17, 15) is 0 Å². The van der Waals surface area contributed by atoms with Crippen molar-refractivity contribution in [3.05, 3.63) is 18.2 Å². The maximum absolute atomic E-state index is 5.92. The number of nitrogen functional groups attached to an aromatic ring is 1. The van der Waals surface area contributed by atoms with Gasteiger partial charge in [0.05, 0.1) is 12.2 Å². The van der Waals surface area contributed by atoms with Gasteiger partial charge in [-0.3, -0.25) is 0 Å². The third-order valence-corrected chi connectivity index (χ3v) is 4.16.